The molecule has 2 atom stereocenters. The van der Waals surface area contributed by atoms with Crippen molar-refractivity contribution in [1.82, 2.24) is 15.5 Å². The van der Waals surface area contributed by atoms with Crippen molar-refractivity contribution in [3.05, 3.63) is 36.2 Å². The van der Waals surface area contributed by atoms with Crippen molar-refractivity contribution in [2.45, 2.75) is 51.7 Å². The summed E-state index contributed by atoms with van der Waals surface area (Å²) in [5.41, 5.74) is 0.893. The number of carbonyl (C=O) groups is 1. The fraction of sp³-hybridized carbons (Fsp3) is 0.526. The predicted molar refractivity (Wildman–Crippen MR) is 93.7 cm³/mol. The molecule has 25 heavy (non-hydrogen) atoms. The van der Waals surface area contributed by atoms with E-state index >= 15 is 0 Å². The molecule has 1 N–H and O–H groups in total. The molecule has 134 valence electrons. The molecule has 6 heteroatoms. The van der Waals surface area contributed by atoms with Gasteiger partial charge in [-0.25, -0.2) is 0 Å². The van der Waals surface area contributed by atoms with Crippen LogP contribution in [-0.4, -0.2) is 28.8 Å². The molecule has 0 spiro atoms. The summed E-state index contributed by atoms with van der Waals surface area (Å²) in [5.74, 6) is 1.12. The molecule has 1 aliphatic rings. The van der Waals surface area contributed by atoms with Crippen molar-refractivity contribution in [3.8, 4) is 11.4 Å². The van der Waals surface area contributed by atoms with Crippen LogP contribution in [0.25, 0.3) is 11.4 Å². The van der Waals surface area contributed by atoms with E-state index in [9.17, 15) is 4.79 Å². The van der Waals surface area contributed by atoms with Crippen LogP contribution < -0.4 is 5.32 Å². The highest BCUT2D eigenvalue weighted by Crippen LogP contribution is 2.24. The molecule has 1 amide bonds. The maximum Gasteiger partial charge on any atom is 0.249 e. The van der Waals surface area contributed by atoms with E-state index in [1.54, 1.807) is 0 Å². The first kappa shape index (κ1) is 17.6. The molecule has 6 nitrogen and oxygen atoms in total. The quantitative estimate of drug-likeness (QED) is 0.832. The van der Waals surface area contributed by atoms with Gasteiger partial charge in [0.05, 0.1) is 6.10 Å². The van der Waals surface area contributed by atoms with E-state index in [4.69, 9.17) is 9.26 Å². The van der Waals surface area contributed by atoms with E-state index in [0.29, 0.717) is 18.1 Å². The van der Waals surface area contributed by atoms with Crippen molar-refractivity contribution in [2.75, 3.05) is 6.61 Å². The van der Waals surface area contributed by atoms with Gasteiger partial charge >= 0.3 is 0 Å². The second-order valence-electron chi connectivity index (χ2n) is 6.79. The fourth-order valence-corrected chi connectivity index (χ4v) is 2.99. The van der Waals surface area contributed by atoms with Crippen LogP contribution in [0.4, 0.5) is 0 Å². The van der Waals surface area contributed by atoms with E-state index in [1.807, 2.05) is 44.2 Å². The van der Waals surface area contributed by atoms with Gasteiger partial charge in [-0.3, -0.25) is 4.79 Å². The summed E-state index contributed by atoms with van der Waals surface area (Å²) in [7, 11) is 0. The topological polar surface area (TPSA) is 77.2 Å². The number of aromatic nitrogens is 2. The monoisotopic (exact) mass is 343 g/mol. The number of hydrogen-bond acceptors (Lipinski definition) is 5. The molecular weight excluding hydrogens is 318 g/mol. The van der Waals surface area contributed by atoms with Crippen molar-refractivity contribution in [1.29, 1.82) is 0 Å². The fourth-order valence-electron chi connectivity index (χ4n) is 2.99. The Morgan fingerprint density at radius 2 is 2.12 bits per heavy atom. The first-order valence-electron chi connectivity index (χ1n) is 8.93. The number of nitrogens with zero attached hydrogens (tertiary/aromatic N) is 2. The van der Waals surface area contributed by atoms with E-state index in [0.717, 1.165) is 31.4 Å². The average Bonchev–Trinajstić information content (AvgIpc) is 3.30. The second kappa shape index (κ2) is 8.25. The van der Waals surface area contributed by atoms with Gasteiger partial charge in [-0.05, 0) is 25.2 Å². The molecular formula is C19H25N3O3. The molecule has 1 fully saturated rings. The number of amides is 1. The molecule has 0 bridgehead atoms. The Kier molecular flexibility index (Phi) is 5.81. The largest absolute Gasteiger partial charge is 0.378 e. The van der Waals surface area contributed by atoms with Crippen LogP contribution in [0.2, 0.25) is 0 Å². The van der Waals surface area contributed by atoms with Gasteiger partial charge in [-0.15, -0.1) is 0 Å². The van der Waals surface area contributed by atoms with Crippen LogP contribution >= 0.6 is 0 Å². The predicted octanol–water partition coefficient (Wildman–Crippen LogP) is 3.51. The second-order valence-corrected chi connectivity index (χ2v) is 6.79. The zero-order valence-corrected chi connectivity index (χ0v) is 14.8. The smallest absolute Gasteiger partial charge is 0.249 e. The lowest BCUT2D eigenvalue weighted by Gasteiger charge is -2.19. The van der Waals surface area contributed by atoms with Crippen LogP contribution in [0.3, 0.4) is 0 Å². The first-order chi connectivity index (χ1) is 12.1. The number of benzene rings is 1. The van der Waals surface area contributed by atoms with Gasteiger partial charge in [-0.1, -0.05) is 49.3 Å². The van der Waals surface area contributed by atoms with Crippen molar-refractivity contribution >= 4 is 5.91 Å². The van der Waals surface area contributed by atoms with E-state index in [-0.39, 0.29) is 24.0 Å². The number of hydrogen-bond donors (Lipinski definition) is 1. The minimum atomic E-state index is -0.290. The van der Waals surface area contributed by atoms with E-state index in [2.05, 4.69) is 15.5 Å². The van der Waals surface area contributed by atoms with Crippen molar-refractivity contribution < 1.29 is 14.1 Å². The maximum atomic E-state index is 12.3. The Hall–Kier alpha value is -2.21. The van der Waals surface area contributed by atoms with Gasteiger partial charge in [0.1, 0.15) is 6.04 Å². The standard InChI is InChI=1S/C19H25N3O3/c1-13(2)17(20-16(23)11-10-15-9-6-12-24-15)19-21-18(22-25-19)14-7-4-3-5-8-14/h3-5,7-8,13,15,17H,6,9-12H2,1-2H3,(H,20,23). The summed E-state index contributed by atoms with van der Waals surface area (Å²) in [6.07, 6.45) is 3.57. The molecule has 0 radical (unpaired) electrons. The number of nitrogens with one attached hydrogen (secondary N) is 1. The summed E-state index contributed by atoms with van der Waals surface area (Å²) >= 11 is 0. The summed E-state index contributed by atoms with van der Waals surface area (Å²) in [4.78, 5) is 16.8. The van der Waals surface area contributed by atoms with Gasteiger partial charge in [0.15, 0.2) is 0 Å². The molecule has 2 unspecified atom stereocenters. The average molecular weight is 343 g/mol. The van der Waals surface area contributed by atoms with Gasteiger partial charge in [0.2, 0.25) is 17.6 Å². The first-order valence-corrected chi connectivity index (χ1v) is 8.93. The Bertz CT molecular complexity index is 678. The summed E-state index contributed by atoms with van der Waals surface area (Å²) in [6.45, 7) is 4.86. The molecule has 1 saturated heterocycles. The number of rotatable bonds is 7. The lowest BCUT2D eigenvalue weighted by Crippen LogP contribution is -2.32. The third-order valence-corrected chi connectivity index (χ3v) is 4.44. The molecule has 3 rings (SSSR count). The maximum absolute atomic E-state index is 12.3. The molecule has 0 aliphatic carbocycles. The van der Waals surface area contributed by atoms with Crippen LogP contribution in [-0.2, 0) is 9.53 Å². The molecule has 1 aromatic carbocycles. The van der Waals surface area contributed by atoms with Crippen LogP contribution in [0, 0.1) is 5.92 Å². The highest BCUT2D eigenvalue weighted by atomic mass is 16.5. The van der Waals surface area contributed by atoms with Crippen LogP contribution in [0.1, 0.15) is 51.5 Å². The zero-order valence-electron chi connectivity index (χ0n) is 14.8. The lowest BCUT2D eigenvalue weighted by molar-refractivity contribution is -0.123. The third-order valence-electron chi connectivity index (χ3n) is 4.44. The Morgan fingerprint density at radius 1 is 1.32 bits per heavy atom. The minimum absolute atomic E-state index is 0.00587. The molecule has 2 heterocycles. The molecule has 1 aliphatic heterocycles. The van der Waals surface area contributed by atoms with E-state index in [1.165, 1.54) is 0 Å². The van der Waals surface area contributed by atoms with Crippen molar-refractivity contribution in [2.24, 2.45) is 5.92 Å². The SMILES string of the molecule is CC(C)C(NC(=O)CCC1CCCO1)c1nc(-c2ccccc2)no1. The van der Waals surface area contributed by atoms with E-state index < -0.39 is 0 Å². The van der Waals surface area contributed by atoms with Crippen LogP contribution in [0.15, 0.2) is 34.9 Å². The third kappa shape index (κ3) is 4.66. The summed E-state index contributed by atoms with van der Waals surface area (Å²) < 4.78 is 11.0. The lowest BCUT2D eigenvalue weighted by atomic mass is 10.0. The summed E-state index contributed by atoms with van der Waals surface area (Å²) in [5, 5.41) is 7.08. The minimum Gasteiger partial charge on any atom is -0.378 e. The van der Waals surface area contributed by atoms with Crippen molar-refractivity contribution in [3.63, 3.8) is 0 Å². The number of carbonyl (C=O) groups excluding carboxylic acids is 1. The highest BCUT2D eigenvalue weighted by Gasteiger charge is 2.25. The molecule has 0 saturated carbocycles. The van der Waals surface area contributed by atoms with Gasteiger partial charge in [0, 0.05) is 18.6 Å². The summed E-state index contributed by atoms with van der Waals surface area (Å²) in [6, 6.07) is 9.37. The van der Waals surface area contributed by atoms with Gasteiger partial charge in [-0.2, -0.15) is 4.98 Å². The van der Waals surface area contributed by atoms with Gasteiger partial charge < -0.3 is 14.6 Å². The highest BCUT2D eigenvalue weighted by molar-refractivity contribution is 5.76. The molecule has 1 aromatic heterocycles. The Balaban J connectivity index is 1.62. The Morgan fingerprint density at radius 3 is 2.80 bits per heavy atom. The van der Waals surface area contributed by atoms with Crippen LogP contribution in [0.5, 0.6) is 0 Å². The Labute approximate surface area is 148 Å². The normalized spacial score (nSPS) is 18.4. The zero-order chi connectivity index (χ0) is 17.6. The van der Waals surface area contributed by atoms with Gasteiger partial charge in [0.25, 0.3) is 0 Å². The number of ether oxygens (including phenoxy) is 1. The molecule has 2 aromatic rings.